The molecule has 0 spiro atoms. The van der Waals surface area contributed by atoms with Gasteiger partial charge in [0.05, 0.1) is 38.4 Å². The number of hydrogen-bond acceptors (Lipinski definition) is 5. The summed E-state index contributed by atoms with van der Waals surface area (Å²) >= 11 is 6.27. The smallest absolute Gasteiger partial charge is 0.308 e. The lowest BCUT2D eigenvalue weighted by molar-refractivity contribution is -0.144. The number of ether oxygens (including phenoxy) is 2. The minimum absolute atomic E-state index is 0.145. The van der Waals surface area contributed by atoms with Crippen molar-refractivity contribution in [2.75, 3.05) is 19.1 Å². The molecule has 7 nitrogen and oxygen atoms in total. The van der Waals surface area contributed by atoms with Crippen molar-refractivity contribution in [3.05, 3.63) is 94.5 Å². The third-order valence-corrected chi connectivity index (χ3v) is 6.16. The summed E-state index contributed by atoms with van der Waals surface area (Å²) in [6.45, 7) is 0.320. The summed E-state index contributed by atoms with van der Waals surface area (Å²) in [4.78, 5) is 43.1. The molecule has 0 unspecified atom stereocenters. The largest absolute Gasteiger partial charge is 0.497 e. The molecule has 8 heteroatoms. The number of carbonyl (C=O) groups excluding carboxylic acids is 3. The van der Waals surface area contributed by atoms with Crippen LogP contribution in [0.25, 0.3) is 0 Å². The highest BCUT2D eigenvalue weighted by molar-refractivity contribution is 6.31. The zero-order valence-corrected chi connectivity index (χ0v) is 20.2. The molecule has 0 saturated carbocycles. The molecule has 4 rings (SSSR count). The number of carbonyl (C=O) groups is 3. The van der Waals surface area contributed by atoms with E-state index in [1.165, 1.54) is 16.9 Å². The number of benzene rings is 3. The van der Waals surface area contributed by atoms with Gasteiger partial charge in [-0.25, -0.2) is 0 Å². The van der Waals surface area contributed by atoms with Gasteiger partial charge in [-0.3, -0.25) is 14.4 Å². The van der Waals surface area contributed by atoms with Gasteiger partial charge in [0, 0.05) is 11.6 Å². The number of methoxy groups -OCH3 is 2. The van der Waals surface area contributed by atoms with E-state index in [0.717, 1.165) is 11.1 Å². The highest BCUT2D eigenvalue weighted by Crippen LogP contribution is 2.33. The van der Waals surface area contributed by atoms with E-state index in [1.54, 1.807) is 25.3 Å². The fraction of sp³-hybridized carbons (Fsp3) is 0.222. The van der Waals surface area contributed by atoms with Crippen molar-refractivity contribution < 1.29 is 23.9 Å². The van der Waals surface area contributed by atoms with Crippen molar-refractivity contribution in [2.45, 2.75) is 25.6 Å². The zero-order valence-electron chi connectivity index (χ0n) is 19.4. The summed E-state index contributed by atoms with van der Waals surface area (Å²) in [5, 5.41) is 0.372. The first-order valence-corrected chi connectivity index (χ1v) is 11.4. The molecule has 1 atom stereocenters. The van der Waals surface area contributed by atoms with Gasteiger partial charge < -0.3 is 19.3 Å². The van der Waals surface area contributed by atoms with E-state index in [9.17, 15) is 14.4 Å². The van der Waals surface area contributed by atoms with Crippen LogP contribution in [0.5, 0.6) is 5.75 Å². The molecular formula is C27H25ClN2O5. The summed E-state index contributed by atoms with van der Waals surface area (Å²) in [5.41, 5.74) is 2.35. The van der Waals surface area contributed by atoms with Crippen molar-refractivity contribution in [1.82, 2.24) is 4.90 Å². The molecule has 0 aromatic heterocycles. The third kappa shape index (κ3) is 5.30. The van der Waals surface area contributed by atoms with E-state index in [0.29, 0.717) is 16.5 Å². The predicted molar refractivity (Wildman–Crippen MR) is 132 cm³/mol. The van der Waals surface area contributed by atoms with Gasteiger partial charge in [-0.05, 0) is 41.5 Å². The molecule has 2 amide bonds. The summed E-state index contributed by atoms with van der Waals surface area (Å²) in [6, 6.07) is 20.5. The third-order valence-electron chi connectivity index (χ3n) is 5.93. The second kappa shape index (κ2) is 10.6. The van der Waals surface area contributed by atoms with Gasteiger partial charge in [0.2, 0.25) is 0 Å². The maximum Gasteiger partial charge on any atom is 0.308 e. The monoisotopic (exact) mass is 492 g/mol. The SMILES string of the molecule is COC(=O)C[C@H]1C(=O)N(Cc2cccc(OC)c2)c2ccc(Cl)cc2C(=O)N1Cc1ccccc1. The van der Waals surface area contributed by atoms with E-state index in [-0.39, 0.29) is 36.9 Å². The average Bonchev–Trinajstić information content (AvgIpc) is 2.95. The highest BCUT2D eigenvalue weighted by Gasteiger charge is 2.41. The number of esters is 1. The van der Waals surface area contributed by atoms with Crippen LogP contribution in [0.4, 0.5) is 5.69 Å². The van der Waals surface area contributed by atoms with E-state index in [4.69, 9.17) is 21.1 Å². The molecule has 180 valence electrons. The van der Waals surface area contributed by atoms with Gasteiger partial charge >= 0.3 is 5.97 Å². The second-order valence-corrected chi connectivity index (χ2v) is 8.59. The quantitative estimate of drug-likeness (QED) is 0.455. The Morgan fingerprint density at radius 1 is 0.914 bits per heavy atom. The lowest BCUT2D eigenvalue weighted by atomic mass is 10.1. The Kier molecular flexibility index (Phi) is 7.36. The summed E-state index contributed by atoms with van der Waals surface area (Å²) < 4.78 is 10.2. The lowest BCUT2D eigenvalue weighted by Gasteiger charge is -2.30. The summed E-state index contributed by atoms with van der Waals surface area (Å²) in [5.74, 6) is -0.709. The molecule has 1 aliphatic rings. The Hall–Kier alpha value is -3.84. The Bertz CT molecular complexity index is 1250. The standard InChI is InChI=1S/C27H25ClN2O5/c1-34-21-10-6-9-19(13-21)17-29-23-12-11-20(28)14-22(23)26(32)30(16-18-7-4-3-5-8-18)24(27(29)33)15-25(31)35-2/h3-14,24H,15-17H2,1-2H3/t24-/m0/s1. The summed E-state index contributed by atoms with van der Waals surface area (Å²) in [7, 11) is 2.83. The highest BCUT2D eigenvalue weighted by atomic mass is 35.5. The fourth-order valence-electron chi connectivity index (χ4n) is 4.16. The maximum atomic E-state index is 14.0. The van der Waals surface area contributed by atoms with Gasteiger partial charge in [0.15, 0.2) is 0 Å². The molecule has 3 aromatic rings. The molecule has 0 saturated heterocycles. The first kappa shape index (κ1) is 24.3. The van der Waals surface area contributed by atoms with Crippen LogP contribution < -0.4 is 9.64 Å². The first-order valence-electron chi connectivity index (χ1n) is 11.1. The van der Waals surface area contributed by atoms with Crippen molar-refractivity contribution in [3.63, 3.8) is 0 Å². The van der Waals surface area contributed by atoms with Crippen molar-refractivity contribution >= 4 is 35.1 Å². The first-order chi connectivity index (χ1) is 16.9. The van der Waals surface area contributed by atoms with Gasteiger partial charge in [0.1, 0.15) is 11.8 Å². The zero-order chi connectivity index (χ0) is 24.9. The van der Waals surface area contributed by atoms with E-state index in [2.05, 4.69) is 0 Å². The van der Waals surface area contributed by atoms with Crippen LogP contribution in [-0.4, -0.2) is 42.9 Å². The fourth-order valence-corrected chi connectivity index (χ4v) is 4.33. The van der Waals surface area contributed by atoms with Crippen LogP contribution in [-0.2, 0) is 27.4 Å². The normalized spacial score (nSPS) is 15.5. The number of anilines is 1. The number of rotatable bonds is 7. The number of amides is 2. The minimum Gasteiger partial charge on any atom is -0.497 e. The molecule has 35 heavy (non-hydrogen) atoms. The van der Waals surface area contributed by atoms with Gasteiger partial charge in [-0.2, -0.15) is 0 Å². The number of halogens is 1. The molecule has 0 radical (unpaired) electrons. The van der Waals surface area contributed by atoms with Crippen LogP contribution in [0.3, 0.4) is 0 Å². The van der Waals surface area contributed by atoms with Crippen LogP contribution in [0.15, 0.2) is 72.8 Å². The Morgan fingerprint density at radius 3 is 2.37 bits per heavy atom. The average molecular weight is 493 g/mol. The summed E-state index contributed by atoms with van der Waals surface area (Å²) in [6.07, 6.45) is -0.274. The Balaban J connectivity index is 1.83. The van der Waals surface area contributed by atoms with Gasteiger partial charge in [0.25, 0.3) is 11.8 Å². The van der Waals surface area contributed by atoms with Crippen LogP contribution in [0, 0.1) is 0 Å². The number of fused-ring (bicyclic) bond motifs is 1. The molecule has 0 aliphatic carbocycles. The maximum absolute atomic E-state index is 14.0. The molecule has 1 aliphatic heterocycles. The molecule has 1 heterocycles. The topological polar surface area (TPSA) is 76.1 Å². The molecule has 0 N–H and O–H groups in total. The lowest BCUT2D eigenvalue weighted by Crippen LogP contribution is -2.49. The van der Waals surface area contributed by atoms with Gasteiger partial charge in [-0.1, -0.05) is 54.1 Å². The van der Waals surface area contributed by atoms with E-state index >= 15 is 0 Å². The van der Waals surface area contributed by atoms with Crippen molar-refractivity contribution in [3.8, 4) is 5.75 Å². The Morgan fingerprint density at radius 2 is 1.66 bits per heavy atom. The van der Waals surface area contributed by atoms with Crippen LogP contribution in [0.2, 0.25) is 5.02 Å². The Labute approximate surface area is 208 Å². The van der Waals surface area contributed by atoms with E-state index in [1.807, 2.05) is 54.6 Å². The van der Waals surface area contributed by atoms with E-state index < -0.39 is 12.0 Å². The number of hydrogen-bond donors (Lipinski definition) is 0. The molecule has 0 fully saturated rings. The van der Waals surface area contributed by atoms with Crippen LogP contribution >= 0.6 is 11.6 Å². The second-order valence-electron chi connectivity index (χ2n) is 8.15. The number of nitrogens with zero attached hydrogens (tertiary/aromatic N) is 2. The minimum atomic E-state index is -1.06. The molecule has 0 bridgehead atoms. The van der Waals surface area contributed by atoms with Gasteiger partial charge in [-0.15, -0.1) is 0 Å². The van der Waals surface area contributed by atoms with Crippen molar-refractivity contribution in [2.24, 2.45) is 0 Å². The van der Waals surface area contributed by atoms with Crippen LogP contribution in [0.1, 0.15) is 27.9 Å². The van der Waals surface area contributed by atoms with Crippen molar-refractivity contribution in [1.29, 1.82) is 0 Å². The molecular weight excluding hydrogens is 468 g/mol. The predicted octanol–water partition coefficient (Wildman–Crippen LogP) is 4.47. The molecule has 3 aromatic carbocycles.